The zero-order valence-corrected chi connectivity index (χ0v) is 18.4. The number of carbonyl (C=O) groups excluding carboxylic acids is 3. The highest BCUT2D eigenvalue weighted by Gasteiger charge is 2.40. The average molecular weight is 445 g/mol. The molecule has 33 heavy (non-hydrogen) atoms. The van der Waals surface area contributed by atoms with Crippen molar-refractivity contribution in [2.24, 2.45) is 0 Å². The first-order valence-electron chi connectivity index (χ1n) is 11.0. The van der Waals surface area contributed by atoms with Crippen LogP contribution in [0.1, 0.15) is 48.2 Å². The molecule has 0 aromatic heterocycles. The fourth-order valence-electron chi connectivity index (χ4n) is 4.84. The standard InChI is InChI=1S/C26H24FN3O3/c1-26(2,18-7-3-4-8-19(18)27)28-14-15-10-11-17-23-16(15)6-5-9-20(23)30(25(17)33)21-12-13-22(31)29-24(21)32/h3-11,21,28H,12-14H2,1-2H3,(H,29,31,32). The lowest BCUT2D eigenvalue weighted by Crippen LogP contribution is -2.53. The molecule has 1 atom stereocenters. The van der Waals surface area contributed by atoms with E-state index in [0.29, 0.717) is 29.8 Å². The van der Waals surface area contributed by atoms with Gasteiger partial charge in [0, 0.05) is 35.0 Å². The van der Waals surface area contributed by atoms with Gasteiger partial charge in [-0.05, 0) is 49.4 Å². The zero-order chi connectivity index (χ0) is 23.3. The SMILES string of the molecule is CC(C)(NCc1ccc2c3c(cccc13)N(C1CCC(=O)NC1=O)C2=O)c1ccccc1F. The van der Waals surface area contributed by atoms with Gasteiger partial charge in [-0.15, -0.1) is 0 Å². The molecule has 3 aromatic carbocycles. The van der Waals surface area contributed by atoms with Gasteiger partial charge < -0.3 is 5.32 Å². The summed E-state index contributed by atoms with van der Waals surface area (Å²) in [6.07, 6.45) is 0.499. The Balaban J connectivity index is 1.49. The van der Waals surface area contributed by atoms with Crippen LogP contribution in [0.15, 0.2) is 54.6 Å². The van der Waals surface area contributed by atoms with Crippen LogP contribution in [0.25, 0.3) is 10.8 Å². The monoisotopic (exact) mass is 445 g/mol. The van der Waals surface area contributed by atoms with Gasteiger partial charge in [-0.3, -0.25) is 24.6 Å². The predicted octanol–water partition coefficient (Wildman–Crippen LogP) is 3.77. The third-order valence-corrected chi connectivity index (χ3v) is 6.61. The number of benzene rings is 3. The fourth-order valence-corrected chi connectivity index (χ4v) is 4.84. The minimum Gasteiger partial charge on any atom is -0.304 e. The van der Waals surface area contributed by atoms with Gasteiger partial charge in [-0.25, -0.2) is 4.39 Å². The number of hydrogen-bond donors (Lipinski definition) is 2. The van der Waals surface area contributed by atoms with Crippen molar-refractivity contribution in [2.45, 2.75) is 44.8 Å². The molecule has 168 valence electrons. The summed E-state index contributed by atoms with van der Waals surface area (Å²) in [7, 11) is 0. The molecule has 0 radical (unpaired) electrons. The van der Waals surface area contributed by atoms with E-state index in [9.17, 15) is 18.8 Å². The summed E-state index contributed by atoms with van der Waals surface area (Å²) >= 11 is 0. The molecule has 6 nitrogen and oxygen atoms in total. The minimum atomic E-state index is -0.713. The van der Waals surface area contributed by atoms with E-state index in [-0.39, 0.29) is 24.1 Å². The van der Waals surface area contributed by atoms with Crippen molar-refractivity contribution in [3.8, 4) is 0 Å². The molecule has 0 aliphatic carbocycles. The highest BCUT2D eigenvalue weighted by atomic mass is 19.1. The van der Waals surface area contributed by atoms with E-state index in [2.05, 4.69) is 10.6 Å². The third kappa shape index (κ3) is 3.49. The third-order valence-electron chi connectivity index (χ3n) is 6.61. The molecular weight excluding hydrogens is 421 g/mol. The van der Waals surface area contributed by atoms with Gasteiger partial charge in [0.2, 0.25) is 11.8 Å². The van der Waals surface area contributed by atoms with E-state index in [4.69, 9.17) is 0 Å². The van der Waals surface area contributed by atoms with Crippen molar-refractivity contribution >= 4 is 34.2 Å². The zero-order valence-electron chi connectivity index (χ0n) is 18.4. The maximum Gasteiger partial charge on any atom is 0.259 e. The normalized spacial score (nSPS) is 18.2. The molecule has 2 aliphatic heterocycles. The Morgan fingerprint density at radius 2 is 1.85 bits per heavy atom. The summed E-state index contributed by atoms with van der Waals surface area (Å²) in [6, 6.07) is 15.3. The Morgan fingerprint density at radius 3 is 2.61 bits per heavy atom. The van der Waals surface area contributed by atoms with E-state index >= 15 is 0 Å². The smallest absolute Gasteiger partial charge is 0.259 e. The summed E-state index contributed by atoms with van der Waals surface area (Å²) in [5.74, 6) is -1.26. The van der Waals surface area contributed by atoms with Crippen LogP contribution in [-0.4, -0.2) is 23.8 Å². The largest absolute Gasteiger partial charge is 0.304 e. The van der Waals surface area contributed by atoms with Gasteiger partial charge in [-0.2, -0.15) is 0 Å². The summed E-state index contributed by atoms with van der Waals surface area (Å²) in [6.45, 7) is 4.33. The van der Waals surface area contributed by atoms with Gasteiger partial charge in [0.05, 0.1) is 5.69 Å². The number of rotatable bonds is 5. The molecule has 2 heterocycles. The number of hydrogen-bond acceptors (Lipinski definition) is 4. The number of piperidine rings is 1. The van der Waals surface area contributed by atoms with Crippen molar-refractivity contribution in [3.05, 3.63) is 77.1 Å². The fraction of sp³-hybridized carbons (Fsp3) is 0.269. The Kier molecular flexibility index (Phi) is 5.01. The molecule has 7 heteroatoms. The van der Waals surface area contributed by atoms with E-state index in [1.165, 1.54) is 11.0 Å². The van der Waals surface area contributed by atoms with Gasteiger partial charge in [0.1, 0.15) is 11.9 Å². The molecule has 0 bridgehead atoms. The topological polar surface area (TPSA) is 78.5 Å². The van der Waals surface area contributed by atoms with Crippen LogP contribution >= 0.6 is 0 Å². The predicted molar refractivity (Wildman–Crippen MR) is 123 cm³/mol. The first-order chi connectivity index (χ1) is 15.8. The molecule has 2 aliphatic rings. The van der Waals surface area contributed by atoms with Crippen LogP contribution in [-0.2, 0) is 21.7 Å². The summed E-state index contributed by atoms with van der Waals surface area (Å²) in [5.41, 5.74) is 2.16. The maximum atomic E-state index is 14.4. The Bertz CT molecular complexity index is 1320. The van der Waals surface area contributed by atoms with Gasteiger partial charge >= 0.3 is 0 Å². The van der Waals surface area contributed by atoms with Crippen LogP contribution in [0.5, 0.6) is 0 Å². The molecule has 1 saturated heterocycles. The lowest BCUT2D eigenvalue weighted by Gasteiger charge is -2.30. The molecular formula is C26H24FN3O3. The highest BCUT2D eigenvalue weighted by Crippen LogP contribution is 2.41. The van der Waals surface area contributed by atoms with Crippen molar-refractivity contribution < 1.29 is 18.8 Å². The van der Waals surface area contributed by atoms with Crippen LogP contribution in [0.2, 0.25) is 0 Å². The number of nitrogens with one attached hydrogen (secondary N) is 2. The number of nitrogens with zero attached hydrogens (tertiary/aromatic N) is 1. The second-order valence-corrected chi connectivity index (χ2v) is 9.07. The van der Waals surface area contributed by atoms with E-state index < -0.39 is 17.5 Å². The Morgan fingerprint density at radius 1 is 1.06 bits per heavy atom. The average Bonchev–Trinajstić information content (AvgIpc) is 3.07. The van der Waals surface area contributed by atoms with E-state index in [1.54, 1.807) is 18.2 Å². The molecule has 1 unspecified atom stereocenters. The van der Waals surface area contributed by atoms with Crippen molar-refractivity contribution in [1.82, 2.24) is 10.6 Å². The second kappa shape index (κ2) is 7.78. The highest BCUT2D eigenvalue weighted by molar-refractivity contribution is 6.27. The van der Waals surface area contributed by atoms with Gasteiger partial charge in [0.25, 0.3) is 5.91 Å². The number of halogens is 1. The lowest BCUT2D eigenvalue weighted by molar-refractivity contribution is -0.134. The molecule has 0 saturated carbocycles. The molecule has 0 spiro atoms. The lowest BCUT2D eigenvalue weighted by atomic mass is 9.92. The quantitative estimate of drug-likeness (QED) is 0.586. The Labute approximate surface area is 190 Å². The molecule has 3 aromatic rings. The van der Waals surface area contributed by atoms with Crippen LogP contribution < -0.4 is 15.5 Å². The van der Waals surface area contributed by atoms with Crippen molar-refractivity contribution in [1.29, 1.82) is 0 Å². The van der Waals surface area contributed by atoms with Crippen molar-refractivity contribution in [3.63, 3.8) is 0 Å². The molecule has 2 N–H and O–H groups in total. The number of imide groups is 1. The first-order valence-corrected chi connectivity index (χ1v) is 11.0. The molecule has 5 rings (SSSR count). The van der Waals surface area contributed by atoms with Crippen LogP contribution in [0, 0.1) is 5.82 Å². The number of anilines is 1. The van der Waals surface area contributed by atoms with Crippen LogP contribution in [0.4, 0.5) is 10.1 Å². The Hall–Kier alpha value is -3.58. The molecule has 3 amide bonds. The maximum absolute atomic E-state index is 14.4. The summed E-state index contributed by atoms with van der Waals surface area (Å²) in [5, 5.41) is 7.49. The van der Waals surface area contributed by atoms with Crippen molar-refractivity contribution in [2.75, 3.05) is 4.90 Å². The number of amides is 3. The van der Waals surface area contributed by atoms with E-state index in [1.807, 2.05) is 44.2 Å². The summed E-state index contributed by atoms with van der Waals surface area (Å²) in [4.78, 5) is 38.8. The minimum absolute atomic E-state index is 0.201. The molecule has 1 fully saturated rings. The van der Waals surface area contributed by atoms with E-state index in [0.717, 1.165) is 16.3 Å². The number of carbonyl (C=O) groups is 3. The summed E-state index contributed by atoms with van der Waals surface area (Å²) < 4.78 is 14.4. The van der Waals surface area contributed by atoms with Gasteiger partial charge in [0.15, 0.2) is 0 Å². The second-order valence-electron chi connectivity index (χ2n) is 9.07. The van der Waals surface area contributed by atoms with Crippen LogP contribution in [0.3, 0.4) is 0 Å². The van der Waals surface area contributed by atoms with Gasteiger partial charge in [-0.1, -0.05) is 36.4 Å². The first kappa shape index (κ1) is 21.3.